The molecule has 14 heavy (non-hydrogen) atoms. The third kappa shape index (κ3) is 12.2. The van der Waals surface area contributed by atoms with Crippen LogP contribution in [0.4, 0.5) is 0 Å². The molecule has 0 aromatic rings. The molecule has 0 spiro atoms. The lowest BCUT2D eigenvalue weighted by molar-refractivity contribution is 0.125. The summed E-state index contributed by atoms with van der Waals surface area (Å²) in [7, 11) is 0. The molecule has 0 aliphatic rings. The number of halogens is 1. The van der Waals surface area contributed by atoms with Gasteiger partial charge >= 0.3 is 0 Å². The van der Waals surface area contributed by atoms with Gasteiger partial charge in [-0.25, -0.2) is 0 Å². The average molecular weight is 222 g/mol. The molecule has 0 heterocycles. The second-order valence-electron chi connectivity index (χ2n) is 3.94. The number of ether oxygens (including phenoxy) is 1. The summed E-state index contributed by atoms with van der Waals surface area (Å²) in [6.07, 6.45) is 3.42. The smallest absolute Gasteiger partial charge is 0.0590 e. The highest BCUT2D eigenvalue weighted by Gasteiger charge is 1.93. The lowest BCUT2D eigenvalue weighted by Gasteiger charge is -2.07. The van der Waals surface area contributed by atoms with Gasteiger partial charge in [0.2, 0.25) is 0 Å². The van der Waals surface area contributed by atoms with Crippen LogP contribution >= 0.6 is 11.6 Å². The maximum absolute atomic E-state index is 5.56. The summed E-state index contributed by atoms with van der Waals surface area (Å²) in [5, 5.41) is 3.32. The van der Waals surface area contributed by atoms with E-state index in [9.17, 15) is 0 Å². The monoisotopic (exact) mass is 221 g/mol. The van der Waals surface area contributed by atoms with E-state index in [1.165, 1.54) is 0 Å². The van der Waals surface area contributed by atoms with Gasteiger partial charge in [-0.3, -0.25) is 0 Å². The van der Waals surface area contributed by atoms with Crippen molar-refractivity contribution < 1.29 is 4.74 Å². The minimum Gasteiger partial charge on any atom is -0.380 e. The topological polar surface area (TPSA) is 21.3 Å². The normalized spacial score (nSPS) is 11.1. The van der Waals surface area contributed by atoms with Crippen LogP contribution in [0.15, 0.2) is 0 Å². The number of alkyl halides is 1. The Bertz CT molecular complexity index is 109. The largest absolute Gasteiger partial charge is 0.380 e. The fourth-order valence-electron chi connectivity index (χ4n) is 1.03. The minimum absolute atomic E-state index is 0.742. The second kappa shape index (κ2) is 11.3. The molecule has 0 rings (SSSR count). The van der Waals surface area contributed by atoms with Crippen molar-refractivity contribution in [1.82, 2.24) is 5.32 Å². The fourth-order valence-corrected chi connectivity index (χ4v) is 1.22. The number of hydrogen-bond donors (Lipinski definition) is 1. The van der Waals surface area contributed by atoms with Gasteiger partial charge in [0.15, 0.2) is 0 Å². The molecule has 0 saturated carbocycles. The maximum Gasteiger partial charge on any atom is 0.0590 e. The predicted octanol–water partition coefficient (Wildman–Crippen LogP) is 2.66. The van der Waals surface area contributed by atoms with E-state index in [1.54, 1.807) is 0 Å². The Kier molecular flexibility index (Phi) is 11.5. The quantitative estimate of drug-likeness (QED) is 0.453. The van der Waals surface area contributed by atoms with Crippen molar-refractivity contribution in [2.75, 3.05) is 32.2 Å². The third-order valence-electron chi connectivity index (χ3n) is 2.00. The molecule has 0 aromatic carbocycles. The van der Waals surface area contributed by atoms with E-state index < -0.39 is 0 Å². The Morgan fingerprint density at radius 3 is 2.57 bits per heavy atom. The predicted molar refractivity (Wildman–Crippen MR) is 63.1 cm³/mol. The van der Waals surface area contributed by atoms with Crippen LogP contribution in [-0.2, 0) is 4.74 Å². The SMILES string of the molecule is CC(C)CCOCCNCCCCCl. The zero-order valence-electron chi connectivity index (χ0n) is 9.52. The van der Waals surface area contributed by atoms with Crippen molar-refractivity contribution in [1.29, 1.82) is 0 Å². The summed E-state index contributed by atoms with van der Waals surface area (Å²) in [6, 6.07) is 0. The Morgan fingerprint density at radius 1 is 1.14 bits per heavy atom. The maximum atomic E-state index is 5.56. The van der Waals surface area contributed by atoms with E-state index >= 15 is 0 Å². The van der Waals surface area contributed by atoms with Gasteiger partial charge in [0.05, 0.1) is 6.61 Å². The summed E-state index contributed by atoms with van der Waals surface area (Å²) in [5.41, 5.74) is 0. The molecular weight excluding hydrogens is 198 g/mol. The summed E-state index contributed by atoms with van der Waals surface area (Å²) in [5.74, 6) is 1.51. The molecule has 0 aliphatic heterocycles. The Morgan fingerprint density at radius 2 is 1.93 bits per heavy atom. The van der Waals surface area contributed by atoms with Gasteiger partial charge in [-0.2, -0.15) is 0 Å². The highest BCUT2D eigenvalue weighted by Crippen LogP contribution is 1.98. The second-order valence-corrected chi connectivity index (χ2v) is 4.32. The first-order chi connectivity index (χ1) is 6.77. The molecule has 0 aromatic heterocycles. The third-order valence-corrected chi connectivity index (χ3v) is 2.27. The van der Waals surface area contributed by atoms with Crippen LogP contribution in [0.2, 0.25) is 0 Å². The van der Waals surface area contributed by atoms with Gasteiger partial charge in [-0.15, -0.1) is 11.6 Å². The van der Waals surface area contributed by atoms with Gasteiger partial charge in [0, 0.05) is 19.0 Å². The van der Waals surface area contributed by atoms with Gasteiger partial charge in [-0.1, -0.05) is 13.8 Å². The first-order valence-corrected chi connectivity index (χ1v) is 6.15. The molecule has 0 amide bonds. The van der Waals surface area contributed by atoms with Crippen LogP contribution in [-0.4, -0.2) is 32.2 Å². The number of nitrogens with one attached hydrogen (secondary N) is 1. The number of rotatable bonds is 10. The van der Waals surface area contributed by atoms with Crippen molar-refractivity contribution in [2.24, 2.45) is 5.92 Å². The van der Waals surface area contributed by atoms with Crippen molar-refractivity contribution in [2.45, 2.75) is 33.1 Å². The molecule has 86 valence electrons. The first kappa shape index (κ1) is 14.2. The molecule has 0 fully saturated rings. The summed E-state index contributed by atoms with van der Waals surface area (Å²) in [4.78, 5) is 0. The van der Waals surface area contributed by atoms with Gasteiger partial charge in [0.1, 0.15) is 0 Å². The molecule has 0 unspecified atom stereocenters. The first-order valence-electron chi connectivity index (χ1n) is 5.61. The lowest BCUT2D eigenvalue weighted by atomic mass is 10.1. The van der Waals surface area contributed by atoms with E-state index in [4.69, 9.17) is 16.3 Å². The van der Waals surface area contributed by atoms with Crippen LogP contribution in [0.1, 0.15) is 33.1 Å². The Balaban J connectivity index is 2.85. The van der Waals surface area contributed by atoms with Gasteiger partial charge < -0.3 is 10.1 Å². The van der Waals surface area contributed by atoms with E-state index in [-0.39, 0.29) is 0 Å². The molecule has 0 saturated heterocycles. The molecular formula is C11H24ClNO. The molecule has 0 aliphatic carbocycles. The molecule has 0 bridgehead atoms. The molecule has 1 N–H and O–H groups in total. The number of unbranched alkanes of at least 4 members (excludes halogenated alkanes) is 1. The van der Waals surface area contributed by atoms with E-state index in [2.05, 4.69) is 19.2 Å². The molecule has 0 atom stereocenters. The van der Waals surface area contributed by atoms with Crippen molar-refractivity contribution in [3.63, 3.8) is 0 Å². The molecule has 3 heteroatoms. The van der Waals surface area contributed by atoms with Gasteiger partial charge in [-0.05, 0) is 31.7 Å². The van der Waals surface area contributed by atoms with Crippen molar-refractivity contribution in [3.8, 4) is 0 Å². The van der Waals surface area contributed by atoms with Gasteiger partial charge in [0.25, 0.3) is 0 Å². The highest BCUT2D eigenvalue weighted by molar-refractivity contribution is 6.17. The van der Waals surface area contributed by atoms with Crippen LogP contribution in [0.3, 0.4) is 0 Å². The van der Waals surface area contributed by atoms with Crippen LogP contribution < -0.4 is 5.32 Å². The van der Waals surface area contributed by atoms with Crippen molar-refractivity contribution >= 4 is 11.6 Å². The lowest BCUT2D eigenvalue weighted by Crippen LogP contribution is -2.21. The van der Waals surface area contributed by atoms with Crippen LogP contribution in [0.25, 0.3) is 0 Å². The highest BCUT2D eigenvalue weighted by atomic mass is 35.5. The van der Waals surface area contributed by atoms with Crippen LogP contribution in [0.5, 0.6) is 0 Å². The molecule has 0 radical (unpaired) electrons. The van der Waals surface area contributed by atoms with E-state index in [0.29, 0.717) is 0 Å². The van der Waals surface area contributed by atoms with E-state index in [1.807, 2.05) is 0 Å². The summed E-state index contributed by atoms with van der Waals surface area (Å²) < 4.78 is 5.46. The van der Waals surface area contributed by atoms with Crippen molar-refractivity contribution in [3.05, 3.63) is 0 Å². The number of hydrogen-bond acceptors (Lipinski definition) is 2. The van der Waals surface area contributed by atoms with E-state index in [0.717, 1.165) is 57.4 Å². The Hall–Kier alpha value is 0.210. The van der Waals surface area contributed by atoms with Crippen LogP contribution in [0, 0.1) is 5.92 Å². The summed E-state index contributed by atoms with van der Waals surface area (Å²) in [6.45, 7) is 8.16. The minimum atomic E-state index is 0.742. The Labute approximate surface area is 93.4 Å². The summed E-state index contributed by atoms with van der Waals surface area (Å²) >= 11 is 5.56. The average Bonchev–Trinajstić information content (AvgIpc) is 2.15. The molecule has 2 nitrogen and oxygen atoms in total. The zero-order valence-corrected chi connectivity index (χ0v) is 10.3. The zero-order chi connectivity index (χ0) is 10.6. The fraction of sp³-hybridized carbons (Fsp3) is 1.00. The standard InChI is InChI=1S/C11H24ClNO/c1-11(2)5-9-14-10-8-13-7-4-3-6-12/h11,13H,3-10H2,1-2H3.